The molecular weight excluding hydrogens is 336 g/mol. The van der Waals surface area contributed by atoms with Crippen LogP contribution in [-0.4, -0.2) is 29.3 Å². The third kappa shape index (κ3) is 4.30. The fraction of sp³-hybridized carbons (Fsp3) is 0.368. The number of aliphatic hydroxyl groups excluding tert-OH is 1. The first kappa shape index (κ1) is 18.2. The van der Waals surface area contributed by atoms with Crippen LogP contribution in [-0.2, 0) is 17.9 Å². The third-order valence-electron chi connectivity index (χ3n) is 4.31. The van der Waals surface area contributed by atoms with Crippen molar-refractivity contribution in [3.8, 4) is 5.75 Å². The number of nitrogens with one attached hydrogen (secondary N) is 1. The van der Waals surface area contributed by atoms with Crippen molar-refractivity contribution in [2.45, 2.75) is 32.6 Å². The first-order valence-electron chi connectivity index (χ1n) is 8.53. The van der Waals surface area contributed by atoms with Crippen molar-refractivity contribution >= 4 is 11.4 Å². The molecule has 138 valence electrons. The lowest BCUT2D eigenvalue weighted by Crippen LogP contribution is -2.17. The largest absolute Gasteiger partial charge is 0.488 e. The normalized spacial score (nSPS) is 16.5. The Kier molecular flexibility index (Phi) is 5.70. The van der Waals surface area contributed by atoms with E-state index in [1.165, 1.54) is 6.07 Å². The SMILES string of the molecule is Cc1ccc(CNc2cc(CO)ccc2[N+](=O)[O-])c(OC2CCOC2)c1. The minimum absolute atomic E-state index is 0.0269. The van der Waals surface area contributed by atoms with Crippen LogP contribution in [0.25, 0.3) is 0 Å². The summed E-state index contributed by atoms with van der Waals surface area (Å²) in [5.41, 5.74) is 2.95. The van der Waals surface area contributed by atoms with E-state index >= 15 is 0 Å². The second-order valence-electron chi connectivity index (χ2n) is 6.33. The van der Waals surface area contributed by atoms with Gasteiger partial charge in [-0.3, -0.25) is 10.1 Å². The van der Waals surface area contributed by atoms with Crippen LogP contribution in [0.15, 0.2) is 36.4 Å². The van der Waals surface area contributed by atoms with Gasteiger partial charge >= 0.3 is 0 Å². The second kappa shape index (κ2) is 8.16. The highest BCUT2D eigenvalue weighted by atomic mass is 16.6. The molecule has 7 heteroatoms. The van der Waals surface area contributed by atoms with Gasteiger partial charge in [0.05, 0.1) is 24.7 Å². The number of rotatable bonds is 7. The zero-order valence-corrected chi connectivity index (χ0v) is 14.6. The Bertz CT molecular complexity index is 787. The first-order chi connectivity index (χ1) is 12.6. The Labute approximate surface area is 151 Å². The van der Waals surface area contributed by atoms with Gasteiger partial charge in [-0.1, -0.05) is 12.1 Å². The number of nitro groups is 1. The number of hydrogen-bond donors (Lipinski definition) is 2. The van der Waals surface area contributed by atoms with Crippen molar-refractivity contribution < 1.29 is 19.5 Å². The van der Waals surface area contributed by atoms with E-state index in [0.29, 0.717) is 31.0 Å². The van der Waals surface area contributed by atoms with Crippen LogP contribution in [0.2, 0.25) is 0 Å². The van der Waals surface area contributed by atoms with E-state index in [4.69, 9.17) is 9.47 Å². The molecule has 1 unspecified atom stereocenters. The lowest BCUT2D eigenvalue weighted by Gasteiger charge is -2.17. The molecule has 0 bridgehead atoms. The van der Waals surface area contributed by atoms with Gasteiger partial charge in [0.15, 0.2) is 0 Å². The monoisotopic (exact) mass is 358 g/mol. The fourth-order valence-corrected chi connectivity index (χ4v) is 2.88. The molecule has 0 aliphatic carbocycles. The molecule has 1 aliphatic heterocycles. The summed E-state index contributed by atoms with van der Waals surface area (Å²) in [6.07, 6.45) is 0.882. The Morgan fingerprint density at radius 3 is 2.88 bits per heavy atom. The summed E-state index contributed by atoms with van der Waals surface area (Å²) in [5, 5.41) is 23.6. The topological polar surface area (TPSA) is 93.9 Å². The van der Waals surface area contributed by atoms with Crippen LogP contribution >= 0.6 is 0 Å². The van der Waals surface area contributed by atoms with Crippen LogP contribution in [0.5, 0.6) is 5.75 Å². The third-order valence-corrected chi connectivity index (χ3v) is 4.31. The molecule has 1 aliphatic rings. The highest BCUT2D eigenvalue weighted by Gasteiger charge is 2.19. The van der Waals surface area contributed by atoms with E-state index in [-0.39, 0.29) is 18.4 Å². The number of hydrogen-bond acceptors (Lipinski definition) is 6. The molecule has 0 radical (unpaired) electrons. The molecular formula is C19H22N2O5. The molecule has 7 nitrogen and oxygen atoms in total. The van der Waals surface area contributed by atoms with E-state index in [1.807, 2.05) is 25.1 Å². The lowest BCUT2D eigenvalue weighted by atomic mass is 10.1. The van der Waals surface area contributed by atoms with Gasteiger partial charge in [0.2, 0.25) is 0 Å². The fourth-order valence-electron chi connectivity index (χ4n) is 2.88. The van der Waals surface area contributed by atoms with Gasteiger partial charge in [0.1, 0.15) is 17.5 Å². The van der Waals surface area contributed by atoms with Gasteiger partial charge in [-0.15, -0.1) is 0 Å². The molecule has 1 heterocycles. The number of anilines is 1. The first-order valence-corrected chi connectivity index (χ1v) is 8.53. The molecule has 0 aromatic heterocycles. The predicted molar refractivity (Wildman–Crippen MR) is 97.4 cm³/mol. The quantitative estimate of drug-likeness (QED) is 0.583. The maximum absolute atomic E-state index is 11.2. The standard InChI is InChI=1S/C19H22N2O5/c1-13-2-4-15(19(8-13)26-16-6-7-25-12-16)10-20-17-9-14(11-22)3-5-18(17)21(23)24/h2-5,8-9,16,20,22H,6-7,10-12H2,1H3. The molecule has 3 rings (SSSR count). The van der Waals surface area contributed by atoms with E-state index in [0.717, 1.165) is 23.3 Å². The summed E-state index contributed by atoms with van der Waals surface area (Å²) in [5.74, 6) is 0.758. The van der Waals surface area contributed by atoms with Crippen molar-refractivity contribution in [1.29, 1.82) is 0 Å². The molecule has 1 saturated heterocycles. The van der Waals surface area contributed by atoms with Gasteiger partial charge in [-0.05, 0) is 36.2 Å². The van der Waals surface area contributed by atoms with Gasteiger partial charge in [0, 0.05) is 24.6 Å². The van der Waals surface area contributed by atoms with Crippen molar-refractivity contribution in [2.75, 3.05) is 18.5 Å². The Balaban J connectivity index is 1.80. The van der Waals surface area contributed by atoms with E-state index in [1.54, 1.807) is 12.1 Å². The van der Waals surface area contributed by atoms with Gasteiger partial charge in [0.25, 0.3) is 5.69 Å². The van der Waals surface area contributed by atoms with Gasteiger partial charge in [-0.2, -0.15) is 0 Å². The minimum atomic E-state index is -0.439. The lowest BCUT2D eigenvalue weighted by molar-refractivity contribution is -0.384. The second-order valence-corrected chi connectivity index (χ2v) is 6.33. The van der Waals surface area contributed by atoms with Crippen molar-refractivity contribution in [3.63, 3.8) is 0 Å². The number of ether oxygens (including phenoxy) is 2. The van der Waals surface area contributed by atoms with Gasteiger partial charge < -0.3 is 19.9 Å². The zero-order valence-electron chi connectivity index (χ0n) is 14.6. The Morgan fingerprint density at radius 2 is 2.19 bits per heavy atom. The molecule has 2 aromatic rings. The maximum Gasteiger partial charge on any atom is 0.292 e. The van der Waals surface area contributed by atoms with Crippen molar-refractivity contribution in [1.82, 2.24) is 0 Å². The number of nitro benzene ring substituents is 1. The molecule has 0 spiro atoms. The van der Waals surface area contributed by atoms with Crippen LogP contribution in [0.4, 0.5) is 11.4 Å². The average Bonchev–Trinajstić information content (AvgIpc) is 3.13. The molecule has 0 saturated carbocycles. The summed E-state index contributed by atoms with van der Waals surface area (Å²) < 4.78 is 11.4. The maximum atomic E-state index is 11.2. The molecule has 0 amide bonds. The number of benzene rings is 2. The van der Waals surface area contributed by atoms with Gasteiger partial charge in [-0.25, -0.2) is 0 Å². The minimum Gasteiger partial charge on any atom is -0.488 e. The predicted octanol–water partition coefficient (Wildman–Crippen LogP) is 3.18. The number of aliphatic hydroxyl groups is 1. The van der Waals surface area contributed by atoms with E-state index in [9.17, 15) is 15.2 Å². The summed E-state index contributed by atoms with van der Waals surface area (Å²) in [6, 6.07) is 10.4. The zero-order chi connectivity index (χ0) is 18.5. The molecule has 26 heavy (non-hydrogen) atoms. The molecule has 2 N–H and O–H groups in total. The molecule has 1 atom stereocenters. The Hall–Kier alpha value is -2.64. The summed E-state index contributed by atoms with van der Waals surface area (Å²) in [7, 11) is 0. The van der Waals surface area contributed by atoms with Crippen LogP contribution in [0, 0.1) is 17.0 Å². The van der Waals surface area contributed by atoms with Crippen LogP contribution < -0.4 is 10.1 Å². The van der Waals surface area contributed by atoms with E-state index in [2.05, 4.69) is 5.32 Å². The number of nitrogens with zero attached hydrogens (tertiary/aromatic N) is 1. The summed E-state index contributed by atoms with van der Waals surface area (Å²) in [6.45, 7) is 3.46. The van der Waals surface area contributed by atoms with Crippen LogP contribution in [0.3, 0.4) is 0 Å². The van der Waals surface area contributed by atoms with Crippen molar-refractivity contribution in [3.05, 3.63) is 63.2 Å². The Morgan fingerprint density at radius 1 is 1.35 bits per heavy atom. The van der Waals surface area contributed by atoms with E-state index < -0.39 is 4.92 Å². The number of aryl methyl sites for hydroxylation is 1. The van der Waals surface area contributed by atoms with Crippen molar-refractivity contribution in [2.24, 2.45) is 0 Å². The summed E-state index contributed by atoms with van der Waals surface area (Å²) in [4.78, 5) is 10.8. The molecule has 1 fully saturated rings. The molecule has 2 aromatic carbocycles. The highest BCUT2D eigenvalue weighted by molar-refractivity contribution is 5.63. The summed E-state index contributed by atoms with van der Waals surface area (Å²) >= 11 is 0. The highest BCUT2D eigenvalue weighted by Crippen LogP contribution is 2.29. The average molecular weight is 358 g/mol. The van der Waals surface area contributed by atoms with Crippen LogP contribution in [0.1, 0.15) is 23.1 Å². The smallest absolute Gasteiger partial charge is 0.292 e.